The predicted octanol–water partition coefficient (Wildman–Crippen LogP) is 2.39. The van der Waals surface area contributed by atoms with Gasteiger partial charge in [0.05, 0.1) is 25.7 Å². The summed E-state index contributed by atoms with van der Waals surface area (Å²) in [5, 5.41) is 10.4. The molecule has 2 aliphatic rings. The van der Waals surface area contributed by atoms with E-state index in [1.54, 1.807) is 12.1 Å². The normalized spacial score (nSPS) is 23.4. The molecule has 24 heavy (non-hydrogen) atoms. The molecule has 0 aliphatic carbocycles. The Bertz CT molecular complexity index is 544. The highest BCUT2D eigenvalue weighted by Crippen LogP contribution is 2.28. The average Bonchev–Trinajstić information content (AvgIpc) is 3.04. The molecule has 132 valence electrons. The van der Waals surface area contributed by atoms with E-state index in [0.717, 1.165) is 19.3 Å². The smallest absolute Gasteiger partial charge is 0.227 e. The van der Waals surface area contributed by atoms with E-state index in [2.05, 4.69) is 0 Å². The summed E-state index contributed by atoms with van der Waals surface area (Å²) in [5.74, 6) is -0.313. The lowest BCUT2D eigenvalue weighted by Crippen LogP contribution is -2.39. The second-order valence-corrected chi connectivity index (χ2v) is 6.42. The van der Waals surface area contributed by atoms with Crippen molar-refractivity contribution in [2.45, 2.75) is 50.5 Å². The van der Waals surface area contributed by atoms with Gasteiger partial charge in [-0.1, -0.05) is 12.1 Å². The second-order valence-electron chi connectivity index (χ2n) is 6.42. The zero-order chi connectivity index (χ0) is 16.9. The van der Waals surface area contributed by atoms with Crippen LogP contribution in [0.15, 0.2) is 24.3 Å². The Morgan fingerprint density at radius 2 is 1.96 bits per heavy atom. The fourth-order valence-electron chi connectivity index (χ4n) is 3.40. The van der Waals surface area contributed by atoms with Gasteiger partial charge in [-0.05, 0) is 43.4 Å². The van der Waals surface area contributed by atoms with Gasteiger partial charge < -0.3 is 19.5 Å². The molecular weight excluding hydrogens is 313 g/mol. The Morgan fingerprint density at radius 3 is 2.67 bits per heavy atom. The molecule has 0 spiro atoms. The van der Waals surface area contributed by atoms with Crippen LogP contribution < -0.4 is 0 Å². The summed E-state index contributed by atoms with van der Waals surface area (Å²) in [7, 11) is 0. The van der Waals surface area contributed by atoms with E-state index in [0.29, 0.717) is 31.7 Å². The summed E-state index contributed by atoms with van der Waals surface area (Å²) in [5.41, 5.74) is 0.676. The number of rotatable bonds is 5. The summed E-state index contributed by atoms with van der Waals surface area (Å²) in [6, 6.07) is 5.86. The first kappa shape index (κ1) is 17.3. The number of hydrogen-bond donors (Lipinski definition) is 1. The molecular formula is C18H24FNO4. The van der Waals surface area contributed by atoms with Crippen molar-refractivity contribution in [1.82, 2.24) is 4.90 Å². The molecule has 0 saturated carbocycles. The largest absolute Gasteiger partial charge is 0.388 e. The number of hydrogen-bond acceptors (Lipinski definition) is 4. The van der Waals surface area contributed by atoms with Crippen LogP contribution in [0.1, 0.15) is 43.8 Å². The van der Waals surface area contributed by atoms with Crippen LogP contribution in [0.2, 0.25) is 0 Å². The van der Waals surface area contributed by atoms with Crippen LogP contribution in [0, 0.1) is 5.82 Å². The van der Waals surface area contributed by atoms with Crippen LogP contribution in [0.3, 0.4) is 0 Å². The summed E-state index contributed by atoms with van der Waals surface area (Å²) in [6.45, 7) is 1.96. The number of carbonyl (C=O) groups is 1. The van der Waals surface area contributed by atoms with Crippen molar-refractivity contribution in [3.05, 3.63) is 35.6 Å². The van der Waals surface area contributed by atoms with Gasteiger partial charge in [0.15, 0.2) is 6.29 Å². The minimum absolute atomic E-state index is 0.00106. The van der Waals surface area contributed by atoms with Gasteiger partial charge in [-0.3, -0.25) is 4.79 Å². The molecule has 2 aliphatic heterocycles. The van der Waals surface area contributed by atoms with E-state index in [9.17, 15) is 14.3 Å². The maximum absolute atomic E-state index is 13.0. The lowest BCUT2D eigenvalue weighted by atomic mass is 10.0. The number of halogens is 1. The third kappa shape index (κ3) is 4.32. The van der Waals surface area contributed by atoms with E-state index < -0.39 is 12.4 Å². The molecule has 1 aromatic carbocycles. The zero-order valence-electron chi connectivity index (χ0n) is 13.7. The first-order valence-electron chi connectivity index (χ1n) is 8.59. The molecule has 2 fully saturated rings. The number of carbonyl (C=O) groups excluding carboxylic acids is 1. The zero-order valence-corrected chi connectivity index (χ0v) is 13.7. The number of aliphatic hydroxyl groups excluding tert-OH is 1. The van der Waals surface area contributed by atoms with Gasteiger partial charge in [0.25, 0.3) is 0 Å². The fraction of sp³-hybridized carbons (Fsp3) is 0.611. The number of benzene rings is 1. The van der Waals surface area contributed by atoms with E-state index >= 15 is 0 Å². The van der Waals surface area contributed by atoms with Gasteiger partial charge >= 0.3 is 0 Å². The molecule has 2 heterocycles. The van der Waals surface area contributed by atoms with Crippen molar-refractivity contribution in [1.29, 1.82) is 0 Å². The first-order valence-corrected chi connectivity index (χ1v) is 8.59. The molecule has 0 aromatic heterocycles. The Morgan fingerprint density at radius 1 is 1.25 bits per heavy atom. The van der Waals surface area contributed by atoms with Crippen molar-refractivity contribution < 1.29 is 23.8 Å². The van der Waals surface area contributed by atoms with Crippen molar-refractivity contribution in [3.63, 3.8) is 0 Å². The molecule has 1 aromatic rings. The highest BCUT2D eigenvalue weighted by molar-refractivity contribution is 5.77. The van der Waals surface area contributed by atoms with Crippen molar-refractivity contribution in [3.8, 4) is 0 Å². The quantitative estimate of drug-likeness (QED) is 0.896. The predicted molar refractivity (Wildman–Crippen MR) is 85.6 cm³/mol. The maximum atomic E-state index is 13.0. The van der Waals surface area contributed by atoms with Crippen LogP contribution in [0.5, 0.6) is 0 Å². The lowest BCUT2D eigenvalue weighted by molar-refractivity contribution is -0.187. The Kier molecular flexibility index (Phi) is 5.81. The molecule has 2 saturated heterocycles. The molecule has 0 bridgehead atoms. The Hall–Kier alpha value is -1.50. The van der Waals surface area contributed by atoms with Crippen LogP contribution in [0.25, 0.3) is 0 Å². The highest BCUT2D eigenvalue weighted by atomic mass is 19.1. The molecule has 6 heteroatoms. The molecule has 0 unspecified atom stereocenters. The molecule has 2 atom stereocenters. The molecule has 3 rings (SSSR count). The minimum atomic E-state index is -0.703. The van der Waals surface area contributed by atoms with Crippen molar-refractivity contribution >= 4 is 5.91 Å². The lowest BCUT2D eigenvalue weighted by Gasteiger charge is -2.29. The van der Waals surface area contributed by atoms with Gasteiger partial charge in [-0.25, -0.2) is 4.39 Å². The molecule has 1 amide bonds. The third-order valence-electron chi connectivity index (χ3n) is 4.69. The van der Waals surface area contributed by atoms with E-state index in [1.165, 1.54) is 12.1 Å². The third-order valence-corrected chi connectivity index (χ3v) is 4.69. The average molecular weight is 337 g/mol. The molecule has 1 N–H and O–H groups in total. The minimum Gasteiger partial charge on any atom is -0.388 e. The van der Waals surface area contributed by atoms with Crippen molar-refractivity contribution in [2.75, 3.05) is 19.8 Å². The number of ether oxygens (including phenoxy) is 2. The monoisotopic (exact) mass is 337 g/mol. The SMILES string of the molecule is O=C(CC1OCCCO1)N1CCC[C@@H]1C[C@H](O)c1ccc(F)cc1. The van der Waals surface area contributed by atoms with E-state index in [-0.39, 0.29) is 24.2 Å². The van der Waals surface area contributed by atoms with Crippen molar-refractivity contribution in [2.24, 2.45) is 0 Å². The Labute approximate surface area is 141 Å². The van der Waals surface area contributed by atoms with Gasteiger partial charge in [-0.15, -0.1) is 0 Å². The van der Waals surface area contributed by atoms with Gasteiger partial charge in [0.1, 0.15) is 5.82 Å². The fourth-order valence-corrected chi connectivity index (χ4v) is 3.40. The second kappa shape index (κ2) is 8.05. The van der Waals surface area contributed by atoms with Gasteiger partial charge in [-0.2, -0.15) is 0 Å². The molecule has 5 nitrogen and oxygen atoms in total. The summed E-state index contributed by atoms with van der Waals surface area (Å²) < 4.78 is 23.9. The number of aliphatic hydroxyl groups is 1. The van der Waals surface area contributed by atoms with Gasteiger partial charge in [0, 0.05) is 12.6 Å². The topological polar surface area (TPSA) is 59.0 Å². The standard InChI is InChI=1S/C18H24FNO4/c19-14-6-4-13(5-7-14)16(21)11-15-3-1-8-20(15)17(22)12-18-23-9-2-10-24-18/h4-7,15-16,18,21H,1-3,8-12H2/t15-,16+/m1/s1. The van der Waals surface area contributed by atoms with Crippen LogP contribution >= 0.6 is 0 Å². The van der Waals surface area contributed by atoms with Crippen LogP contribution in [-0.2, 0) is 14.3 Å². The first-order chi connectivity index (χ1) is 11.6. The number of likely N-dealkylation sites (tertiary alicyclic amines) is 1. The van der Waals surface area contributed by atoms with Crippen LogP contribution in [0.4, 0.5) is 4.39 Å². The summed E-state index contributed by atoms with van der Waals surface area (Å²) in [6.07, 6.45) is 2.20. The van der Waals surface area contributed by atoms with Crippen LogP contribution in [-0.4, -0.2) is 48.0 Å². The summed E-state index contributed by atoms with van der Waals surface area (Å²) >= 11 is 0. The Balaban J connectivity index is 1.56. The van der Waals surface area contributed by atoms with E-state index in [1.807, 2.05) is 4.90 Å². The highest BCUT2D eigenvalue weighted by Gasteiger charge is 2.32. The van der Waals surface area contributed by atoms with Gasteiger partial charge in [0.2, 0.25) is 5.91 Å². The molecule has 0 radical (unpaired) electrons. The number of amides is 1. The maximum Gasteiger partial charge on any atom is 0.227 e. The summed E-state index contributed by atoms with van der Waals surface area (Å²) in [4.78, 5) is 14.3. The number of nitrogens with zero attached hydrogens (tertiary/aromatic N) is 1. The van der Waals surface area contributed by atoms with E-state index in [4.69, 9.17) is 9.47 Å².